The summed E-state index contributed by atoms with van der Waals surface area (Å²) in [6, 6.07) is 11.6. The van der Waals surface area contributed by atoms with Gasteiger partial charge in [-0.05, 0) is 81.0 Å². The number of aryl methyl sites for hydroxylation is 1. The Kier molecular flexibility index (Phi) is 5.70. The van der Waals surface area contributed by atoms with Crippen molar-refractivity contribution in [2.45, 2.75) is 51.5 Å². The van der Waals surface area contributed by atoms with Crippen LogP contribution in [0.1, 0.15) is 50.4 Å². The molecule has 0 radical (unpaired) electrons. The van der Waals surface area contributed by atoms with Gasteiger partial charge in [-0.3, -0.25) is 9.36 Å². The molecule has 2 aromatic carbocycles. The average Bonchev–Trinajstić information content (AvgIpc) is 3.54. The van der Waals surface area contributed by atoms with Crippen molar-refractivity contribution in [1.29, 1.82) is 0 Å². The first-order chi connectivity index (χ1) is 16.0. The van der Waals surface area contributed by atoms with Gasteiger partial charge in [-0.1, -0.05) is 6.07 Å². The molecule has 0 bridgehead atoms. The van der Waals surface area contributed by atoms with Gasteiger partial charge in [0.15, 0.2) is 0 Å². The van der Waals surface area contributed by atoms with Gasteiger partial charge in [0.2, 0.25) is 0 Å². The second kappa shape index (κ2) is 8.81. The molecule has 1 aliphatic heterocycles. The van der Waals surface area contributed by atoms with Crippen LogP contribution in [-0.2, 0) is 11.2 Å². The number of ketones is 1. The summed E-state index contributed by atoms with van der Waals surface area (Å²) in [5.74, 6) is 0.981. The summed E-state index contributed by atoms with van der Waals surface area (Å²) < 4.78 is 15.0. The Morgan fingerprint density at radius 1 is 1.12 bits per heavy atom. The van der Waals surface area contributed by atoms with Gasteiger partial charge in [-0.15, -0.1) is 0 Å². The summed E-state index contributed by atoms with van der Waals surface area (Å²) in [4.78, 5) is 29.6. The van der Waals surface area contributed by atoms with E-state index in [-0.39, 0.29) is 23.2 Å². The summed E-state index contributed by atoms with van der Waals surface area (Å²) in [6.07, 6.45) is 6.97. The van der Waals surface area contributed by atoms with Crippen molar-refractivity contribution in [3.63, 3.8) is 0 Å². The van der Waals surface area contributed by atoms with Crippen LogP contribution in [-0.4, -0.2) is 21.4 Å². The average molecular weight is 445 g/mol. The summed E-state index contributed by atoms with van der Waals surface area (Å²) in [7, 11) is 0. The van der Waals surface area contributed by atoms with Crippen LogP contribution in [0, 0.1) is 11.7 Å². The van der Waals surface area contributed by atoms with Crippen molar-refractivity contribution < 1.29 is 9.18 Å². The van der Waals surface area contributed by atoms with E-state index in [2.05, 4.69) is 16.3 Å². The second-order valence-corrected chi connectivity index (χ2v) is 8.88. The summed E-state index contributed by atoms with van der Waals surface area (Å²) in [6.45, 7) is 1.58. The van der Waals surface area contributed by atoms with Gasteiger partial charge in [0.1, 0.15) is 17.4 Å². The Labute approximate surface area is 190 Å². The molecule has 0 amide bonds. The van der Waals surface area contributed by atoms with Gasteiger partial charge in [-0.25, -0.2) is 9.37 Å². The number of unbranched alkanes of at least 4 members (excludes halogenated alkanes) is 1. The smallest absolute Gasteiger partial charge is 0.265 e. The minimum Gasteiger partial charge on any atom is -0.300 e. The molecule has 5 rings (SSSR count). The number of azo groups is 1. The normalized spacial score (nSPS) is 17.5. The van der Waals surface area contributed by atoms with E-state index >= 15 is 0 Å². The lowest BCUT2D eigenvalue weighted by molar-refractivity contribution is -0.117. The lowest BCUT2D eigenvalue weighted by atomic mass is 10.1. The molecule has 0 N–H and O–H groups in total. The SMILES string of the molecule is CC(=O)CCCCc1nc2cc(C3=CC(C4CC4)N=N3)ccc2c(=O)n1-c1ccc(F)cc1. The first-order valence-electron chi connectivity index (χ1n) is 11.4. The molecular weight excluding hydrogens is 419 g/mol. The van der Waals surface area contributed by atoms with Crippen LogP contribution in [0.5, 0.6) is 0 Å². The molecule has 1 fully saturated rings. The maximum absolute atomic E-state index is 13.5. The third-order valence-corrected chi connectivity index (χ3v) is 6.23. The summed E-state index contributed by atoms with van der Waals surface area (Å²) in [5.41, 5.74) is 2.69. The molecule has 2 heterocycles. The van der Waals surface area contributed by atoms with Crippen molar-refractivity contribution in [3.8, 4) is 5.69 Å². The van der Waals surface area contributed by atoms with E-state index in [1.165, 1.54) is 25.0 Å². The van der Waals surface area contributed by atoms with E-state index in [0.717, 1.165) is 24.1 Å². The molecule has 1 saturated carbocycles. The molecule has 1 unspecified atom stereocenters. The highest BCUT2D eigenvalue weighted by Gasteiger charge is 2.32. The van der Waals surface area contributed by atoms with Gasteiger partial charge >= 0.3 is 0 Å². The van der Waals surface area contributed by atoms with Crippen LogP contribution in [0.4, 0.5) is 4.39 Å². The maximum Gasteiger partial charge on any atom is 0.265 e. The second-order valence-electron chi connectivity index (χ2n) is 8.88. The number of carbonyl (C=O) groups excluding carboxylic acids is 1. The van der Waals surface area contributed by atoms with Crippen LogP contribution in [0.25, 0.3) is 22.3 Å². The topological polar surface area (TPSA) is 76.7 Å². The number of carbonyl (C=O) groups is 1. The molecule has 2 aliphatic rings. The zero-order valence-electron chi connectivity index (χ0n) is 18.5. The molecule has 3 aromatic rings. The Bertz CT molecular complexity index is 1340. The molecule has 0 spiro atoms. The number of aromatic nitrogens is 2. The molecule has 168 valence electrons. The predicted molar refractivity (Wildman–Crippen MR) is 125 cm³/mol. The molecule has 1 aromatic heterocycles. The van der Waals surface area contributed by atoms with Gasteiger partial charge < -0.3 is 4.79 Å². The molecule has 6 nitrogen and oxygen atoms in total. The molecule has 1 aliphatic carbocycles. The number of fused-ring (bicyclic) bond motifs is 1. The van der Waals surface area contributed by atoms with Crippen molar-refractivity contribution in [3.05, 3.63) is 76.1 Å². The van der Waals surface area contributed by atoms with Gasteiger partial charge in [-0.2, -0.15) is 10.2 Å². The van der Waals surface area contributed by atoms with Crippen molar-refractivity contribution in [1.82, 2.24) is 9.55 Å². The van der Waals surface area contributed by atoms with E-state index in [1.54, 1.807) is 29.7 Å². The lowest BCUT2D eigenvalue weighted by Gasteiger charge is -2.14. The third-order valence-electron chi connectivity index (χ3n) is 6.23. The highest BCUT2D eigenvalue weighted by atomic mass is 19.1. The van der Waals surface area contributed by atoms with Gasteiger partial charge in [0, 0.05) is 18.4 Å². The minimum absolute atomic E-state index is 0.144. The fraction of sp³-hybridized carbons (Fsp3) is 0.346. The van der Waals surface area contributed by atoms with Crippen LogP contribution in [0.15, 0.2) is 63.6 Å². The number of rotatable bonds is 8. The van der Waals surface area contributed by atoms with E-state index in [9.17, 15) is 14.0 Å². The Morgan fingerprint density at radius 3 is 2.64 bits per heavy atom. The zero-order chi connectivity index (χ0) is 22.9. The number of hydrogen-bond donors (Lipinski definition) is 0. The standard InChI is InChI=1S/C26H25FN4O2/c1-16(32)4-2-3-5-25-28-24-14-18(23-15-22(29-30-23)17-6-7-17)8-13-21(24)26(33)31(25)20-11-9-19(27)10-12-20/h8-15,17,22H,2-7H2,1H3. The highest BCUT2D eigenvalue weighted by molar-refractivity contribution is 5.83. The fourth-order valence-corrected chi connectivity index (χ4v) is 4.25. The number of halogens is 1. The number of benzene rings is 2. The van der Waals surface area contributed by atoms with Crippen molar-refractivity contribution >= 4 is 22.4 Å². The highest BCUT2D eigenvalue weighted by Crippen LogP contribution is 2.39. The molecule has 1 atom stereocenters. The molecule has 33 heavy (non-hydrogen) atoms. The van der Waals surface area contributed by atoms with Crippen LogP contribution in [0.3, 0.4) is 0 Å². The Balaban J connectivity index is 1.55. The summed E-state index contributed by atoms with van der Waals surface area (Å²) in [5, 5.41) is 9.23. The van der Waals surface area contributed by atoms with Crippen molar-refractivity contribution in [2.75, 3.05) is 0 Å². The van der Waals surface area contributed by atoms with Gasteiger partial charge in [0.25, 0.3) is 5.56 Å². The van der Waals surface area contributed by atoms with E-state index in [4.69, 9.17) is 4.98 Å². The predicted octanol–water partition coefficient (Wildman–Crippen LogP) is 5.41. The zero-order valence-corrected chi connectivity index (χ0v) is 18.5. The Hall–Kier alpha value is -3.48. The van der Waals surface area contributed by atoms with E-state index < -0.39 is 0 Å². The molecule has 7 heteroatoms. The first-order valence-corrected chi connectivity index (χ1v) is 11.4. The molecular formula is C26H25FN4O2. The van der Waals surface area contributed by atoms with Gasteiger partial charge in [0.05, 0.1) is 28.3 Å². The Morgan fingerprint density at radius 2 is 1.91 bits per heavy atom. The van der Waals surface area contributed by atoms with Crippen LogP contribution < -0.4 is 5.56 Å². The fourth-order valence-electron chi connectivity index (χ4n) is 4.25. The van der Waals surface area contributed by atoms with E-state index in [0.29, 0.717) is 41.2 Å². The van der Waals surface area contributed by atoms with Crippen LogP contribution in [0.2, 0.25) is 0 Å². The number of hydrogen-bond acceptors (Lipinski definition) is 5. The minimum atomic E-state index is -0.364. The first kappa shape index (κ1) is 21.4. The maximum atomic E-state index is 13.5. The molecule has 0 saturated heterocycles. The largest absolute Gasteiger partial charge is 0.300 e. The lowest BCUT2D eigenvalue weighted by Crippen LogP contribution is -2.24. The van der Waals surface area contributed by atoms with Crippen LogP contribution >= 0.6 is 0 Å². The quantitative estimate of drug-likeness (QED) is 0.436. The summed E-state index contributed by atoms with van der Waals surface area (Å²) >= 11 is 0. The number of Topliss-reactive ketones (excluding diaryl/α,β-unsaturated/α-hetero) is 1. The third kappa shape index (κ3) is 4.53. The van der Waals surface area contributed by atoms with E-state index in [1.807, 2.05) is 12.1 Å². The number of nitrogens with zero attached hydrogens (tertiary/aromatic N) is 4. The van der Waals surface area contributed by atoms with Crippen molar-refractivity contribution in [2.24, 2.45) is 16.1 Å². The monoisotopic (exact) mass is 444 g/mol.